The van der Waals surface area contributed by atoms with Gasteiger partial charge >= 0.3 is 0 Å². The van der Waals surface area contributed by atoms with E-state index in [0.29, 0.717) is 43.9 Å². The lowest BCUT2D eigenvalue weighted by Gasteiger charge is -2.38. The number of carbonyl (C=O) groups is 2. The second kappa shape index (κ2) is 9.00. The predicted molar refractivity (Wildman–Crippen MR) is 130 cm³/mol. The number of nitrogens with zero attached hydrogens (tertiary/aromatic N) is 1. The summed E-state index contributed by atoms with van der Waals surface area (Å²) in [4.78, 5) is 28.5. The largest absolute Gasteiger partial charge is 0.492 e. The van der Waals surface area contributed by atoms with Crippen LogP contribution in [0.1, 0.15) is 39.2 Å². The number of nitrogens with two attached hydrogens (primary N) is 1. The molecule has 0 radical (unpaired) electrons. The Labute approximate surface area is 197 Å². The molecule has 0 atom stereocenters. The number of benzene rings is 2. The molecule has 2 amide bonds. The molecular formula is C26H27N3O3S. The van der Waals surface area contributed by atoms with Crippen LogP contribution in [0.3, 0.4) is 0 Å². The summed E-state index contributed by atoms with van der Waals surface area (Å²) in [6, 6.07) is 17.3. The molecule has 0 bridgehead atoms. The van der Waals surface area contributed by atoms with Crippen LogP contribution >= 0.6 is 11.3 Å². The number of ether oxygens (including phenoxy) is 1. The Morgan fingerprint density at radius 1 is 1.09 bits per heavy atom. The van der Waals surface area contributed by atoms with Gasteiger partial charge in [0.1, 0.15) is 5.75 Å². The third kappa shape index (κ3) is 4.38. The molecule has 1 aromatic heterocycles. The van der Waals surface area contributed by atoms with Gasteiger partial charge in [0, 0.05) is 46.7 Å². The van der Waals surface area contributed by atoms with Crippen molar-refractivity contribution in [2.24, 2.45) is 5.73 Å². The summed E-state index contributed by atoms with van der Waals surface area (Å²) in [5, 5.41) is 4.87. The average molecular weight is 462 g/mol. The normalized spacial score (nSPS) is 16.3. The van der Waals surface area contributed by atoms with Gasteiger partial charge in [-0.05, 0) is 54.1 Å². The minimum absolute atomic E-state index is 0.00551. The van der Waals surface area contributed by atoms with Crippen LogP contribution in [0.25, 0.3) is 0 Å². The number of thiophene rings is 1. The number of carbonyl (C=O) groups excluding carboxylic acids is 2. The van der Waals surface area contributed by atoms with Crippen molar-refractivity contribution in [2.75, 3.05) is 25.0 Å². The van der Waals surface area contributed by atoms with Gasteiger partial charge in [0.15, 0.2) is 0 Å². The zero-order valence-corrected chi connectivity index (χ0v) is 19.2. The van der Waals surface area contributed by atoms with Crippen LogP contribution in [0.4, 0.5) is 5.69 Å². The van der Waals surface area contributed by atoms with Gasteiger partial charge < -0.3 is 20.7 Å². The molecule has 3 heterocycles. The minimum atomic E-state index is -0.0845. The highest BCUT2D eigenvalue weighted by Gasteiger charge is 2.43. The van der Waals surface area contributed by atoms with Crippen LogP contribution in [-0.2, 0) is 23.2 Å². The van der Waals surface area contributed by atoms with Crippen molar-refractivity contribution in [2.45, 2.75) is 31.2 Å². The van der Waals surface area contributed by atoms with Crippen molar-refractivity contribution in [1.29, 1.82) is 0 Å². The van der Waals surface area contributed by atoms with E-state index in [-0.39, 0.29) is 17.2 Å². The Bertz CT molecular complexity index is 1170. The fourth-order valence-corrected chi connectivity index (χ4v) is 5.48. The molecule has 33 heavy (non-hydrogen) atoms. The van der Waals surface area contributed by atoms with Gasteiger partial charge in [-0.15, -0.1) is 11.3 Å². The highest BCUT2D eigenvalue weighted by Crippen LogP contribution is 2.46. The fraction of sp³-hybridized carbons (Fsp3) is 0.308. The van der Waals surface area contributed by atoms with Crippen LogP contribution < -0.4 is 15.8 Å². The van der Waals surface area contributed by atoms with E-state index in [2.05, 4.69) is 11.4 Å². The van der Waals surface area contributed by atoms with Crippen molar-refractivity contribution < 1.29 is 14.3 Å². The summed E-state index contributed by atoms with van der Waals surface area (Å²) in [5.41, 5.74) is 9.37. The van der Waals surface area contributed by atoms with Crippen LogP contribution in [-0.4, -0.2) is 36.4 Å². The number of hydrogen-bond donors (Lipinski definition) is 2. The van der Waals surface area contributed by atoms with Gasteiger partial charge in [-0.25, -0.2) is 0 Å². The average Bonchev–Trinajstić information content (AvgIpc) is 3.47. The van der Waals surface area contributed by atoms with Gasteiger partial charge in [0.25, 0.3) is 5.91 Å². The highest BCUT2D eigenvalue weighted by molar-refractivity contribution is 7.10. The lowest BCUT2D eigenvalue weighted by atomic mass is 9.74. The standard InChI is InChI=1S/C26H27N3O3S/c27-16-18-6-7-23-22(13-18)26(17-32-23)8-10-29(11-9-26)25(31)19-3-1-4-20(14-19)28-24(30)15-21-5-2-12-33-21/h1-7,12-14H,8-11,15-17,27H2,(H,28,30). The SMILES string of the molecule is NCc1ccc2c(c1)C1(CCN(C(=O)c3cccc(NC(=O)Cc4cccs4)c3)CC1)CO2. The number of fused-ring (bicyclic) bond motifs is 2. The van der Waals surface area contributed by atoms with Crippen LogP contribution in [0.5, 0.6) is 5.75 Å². The molecule has 0 saturated carbocycles. The van der Waals surface area contributed by atoms with E-state index in [1.807, 2.05) is 52.7 Å². The number of likely N-dealkylation sites (tertiary alicyclic amines) is 1. The predicted octanol–water partition coefficient (Wildman–Crippen LogP) is 3.95. The molecule has 0 unspecified atom stereocenters. The van der Waals surface area contributed by atoms with Crippen molar-refractivity contribution >= 4 is 28.8 Å². The Balaban J connectivity index is 1.24. The molecule has 3 aromatic rings. The van der Waals surface area contributed by atoms with Crippen molar-refractivity contribution in [1.82, 2.24) is 4.90 Å². The lowest BCUT2D eigenvalue weighted by Crippen LogP contribution is -2.46. The molecule has 1 saturated heterocycles. The van der Waals surface area contributed by atoms with Gasteiger partial charge in [-0.1, -0.05) is 24.3 Å². The first-order chi connectivity index (χ1) is 16.1. The van der Waals surface area contributed by atoms with Gasteiger partial charge in [-0.2, -0.15) is 0 Å². The number of amides is 2. The van der Waals surface area contributed by atoms with Crippen molar-refractivity contribution in [3.63, 3.8) is 0 Å². The molecule has 6 nitrogen and oxygen atoms in total. The molecule has 0 aliphatic carbocycles. The number of piperidine rings is 1. The van der Waals surface area contributed by atoms with E-state index in [4.69, 9.17) is 10.5 Å². The number of hydrogen-bond acceptors (Lipinski definition) is 5. The smallest absolute Gasteiger partial charge is 0.253 e. The van der Waals surface area contributed by atoms with E-state index < -0.39 is 0 Å². The van der Waals surface area contributed by atoms with Gasteiger partial charge in [-0.3, -0.25) is 9.59 Å². The summed E-state index contributed by atoms with van der Waals surface area (Å²) in [6.45, 7) is 2.51. The summed E-state index contributed by atoms with van der Waals surface area (Å²) < 4.78 is 5.98. The monoisotopic (exact) mass is 461 g/mol. The summed E-state index contributed by atoms with van der Waals surface area (Å²) >= 11 is 1.56. The number of anilines is 1. The molecule has 2 aromatic carbocycles. The Hall–Kier alpha value is -3.16. The van der Waals surface area contributed by atoms with E-state index >= 15 is 0 Å². The zero-order valence-electron chi connectivity index (χ0n) is 18.4. The first-order valence-electron chi connectivity index (χ1n) is 11.2. The Morgan fingerprint density at radius 3 is 2.70 bits per heavy atom. The third-order valence-corrected chi connectivity index (χ3v) is 7.55. The van der Waals surface area contributed by atoms with Crippen molar-refractivity contribution in [3.05, 3.63) is 81.5 Å². The Morgan fingerprint density at radius 2 is 1.94 bits per heavy atom. The number of rotatable bonds is 5. The van der Waals surface area contributed by atoms with Crippen LogP contribution in [0, 0.1) is 0 Å². The van der Waals surface area contributed by atoms with E-state index in [1.54, 1.807) is 17.4 Å². The quantitative estimate of drug-likeness (QED) is 0.603. The third-order valence-electron chi connectivity index (χ3n) is 6.67. The second-order valence-electron chi connectivity index (χ2n) is 8.78. The fourth-order valence-electron chi connectivity index (χ4n) is 4.78. The van der Waals surface area contributed by atoms with E-state index in [9.17, 15) is 9.59 Å². The summed E-state index contributed by atoms with van der Waals surface area (Å²) in [6.07, 6.45) is 2.05. The molecule has 170 valence electrons. The first kappa shape index (κ1) is 21.7. The highest BCUT2D eigenvalue weighted by atomic mass is 32.1. The Kier molecular flexibility index (Phi) is 5.91. The van der Waals surface area contributed by atoms with E-state index in [1.165, 1.54) is 5.56 Å². The molecule has 5 rings (SSSR count). The molecular weight excluding hydrogens is 434 g/mol. The maximum absolute atomic E-state index is 13.2. The lowest BCUT2D eigenvalue weighted by molar-refractivity contribution is -0.115. The zero-order chi connectivity index (χ0) is 22.8. The molecule has 3 N–H and O–H groups in total. The molecule has 1 spiro atoms. The summed E-state index contributed by atoms with van der Waals surface area (Å²) in [7, 11) is 0. The molecule has 2 aliphatic rings. The number of nitrogens with one attached hydrogen (secondary N) is 1. The second-order valence-corrected chi connectivity index (χ2v) is 9.81. The summed E-state index contributed by atoms with van der Waals surface area (Å²) in [5.74, 6) is 0.853. The van der Waals surface area contributed by atoms with Gasteiger partial charge in [0.05, 0.1) is 13.0 Å². The van der Waals surface area contributed by atoms with E-state index in [0.717, 1.165) is 29.0 Å². The topological polar surface area (TPSA) is 84.7 Å². The van der Waals surface area contributed by atoms with Crippen molar-refractivity contribution in [3.8, 4) is 5.75 Å². The maximum Gasteiger partial charge on any atom is 0.253 e. The van der Waals surface area contributed by atoms with Gasteiger partial charge in [0.2, 0.25) is 5.91 Å². The molecule has 2 aliphatic heterocycles. The minimum Gasteiger partial charge on any atom is -0.492 e. The molecule has 7 heteroatoms. The van der Waals surface area contributed by atoms with Crippen LogP contribution in [0.15, 0.2) is 60.0 Å². The van der Waals surface area contributed by atoms with Crippen LogP contribution in [0.2, 0.25) is 0 Å². The molecule has 1 fully saturated rings. The maximum atomic E-state index is 13.2. The first-order valence-corrected chi connectivity index (χ1v) is 12.1.